The fourth-order valence-electron chi connectivity index (χ4n) is 2.80. The Hall–Kier alpha value is -1.06. The topological polar surface area (TPSA) is 21.7 Å². The van der Waals surface area contributed by atoms with Gasteiger partial charge in [-0.1, -0.05) is 38.5 Å². The molecule has 1 fully saturated rings. The van der Waals surface area contributed by atoms with Crippen molar-refractivity contribution in [1.82, 2.24) is 4.90 Å². The number of hydrogen-bond acceptors (Lipinski definition) is 3. The van der Waals surface area contributed by atoms with Gasteiger partial charge in [0.2, 0.25) is 0 Å². The summed E-state index contributed by atoms with van der Waals surface area (Å²) in [4.78, 5) is 2.48. The van der Waals surface area contributed by atoms with Crippen LogP contribution in [0, 0.1) is 6.92 Å². The van der Waals surface area contributed by atoms with E-state index in [1.54, 1.807) is 0 Å². The summed E-state index contributed by atoms with van der Waals surface area (Å²) >= 11 is 0. The molecule has 0 radical (unpaired) electrons. The predicted molar refractivity (Wildman–Crippen MR) is 91.9 cm³/mol. The van der Waals surface area contributed by atoms with Gasteiger partial charge >= 0.3 is 0 Å². The van der Waals surface area contributed by atoms with Crippen LogP contribution in [0.25, 0.3) is 0 Å². The second kappa shape index (κ2) is 7.98. The van der Waals surface area contributed by atoms with Crippen LogP contribution in [0.5, 0.6) is 5.75 Å². The maximum absolute atomic E-state index is 6.06. The summed E-state index contributed by atoms with van der Waals surface area (Å²) in [6.45, 7) is 14.8. The zero-order valence-corrected chi connectivity index (χ0v) is 14.7. The lowest BCUT2D eigenvalue weighted by Gasteiger charge is -2.26. The first-order chi connectivity index (χ1) is 10.5. The highest BCUT2D eigenvalue weighted by molar-refractivity contribution is 5.41. The summed E-state index contributed by atoms with van der Waals surface area (Å²) in [6, 6.07) is 6.51. The van der Waals surface area contributed by atoms with E-state index in [0.717, 1.165) is 51.6 Å². The molecule has 1 aromatic carbocycles. The number of benzene rings is 1. The molecule has 3 heteroatoms. The maximum Gasteiger partial charge on any atom is 0.123 e. The van der Waals surface area contributed by atoms with E-state index >= 15 is 0 Å². The van der Waals surface area contributed by atoms with Crippen LogP contribution < -0.4 is 4.74 Å². The Kier molecular flexibility index (Phi) is 6.27. The van der Waals surface area contributed by atoms with Gasteiger partial charge in [0, 0.05) is 13.1 Å². The highest BCUT2D eigenvalue weighted by Gasteiger charge is 2.19. The highest BCUT2D eigenvalue weighted by Crippen LogP contribution is 2.32. The Balaban J connectivity index is 1.77. The van der Waals surface area contributed by atoms with E-state index in [4.69, 9.17) is 9.47 Å². The van der Waals surface area contributed by atoms with E-state index < -0.39 is 0 Å². The van der Waals surface area contributed by atoms with Crippen LogP contribution in [0.4, 0.5) is 0 Å². The van der Waals surface area contributed by atoms with Crippen molar-refractivity contribution in [1.29, 1.82) is 0 Å². The number of hydrogen-bond donors (Lipinski definition) is 0. The van der Waals surface area contributed by atoms with Gasteiger partial charge in [-0.2, -0.15) is 0 Å². The van der Waals surface area contributed by atoms with E-state index in [1.165, 1.54) is 17.5 Å². The van der Waals surface area contributed by atoms with E-state index in [0.29, 0.717) is 0 Å². The van der Waals surface area contributed by atoms with Crippen molar-refractivity contribution in [3.63, 3.8) is 0 Å². The first-order valence-electron chi connectivity index (χ1n) is 8.51. The zero-order valence-electron chi connectivity index (χ0n) is 14.7. The number of unbranched alkanes of at least 4 members (excludes halogenated alkanes) is 1. The van der Waals surface area contributed by atoms with Gasteiger partial charge in [-0.3, -0.25) is 4.90 Å². The predicted octanol–water partition coefficient (Wildman–Crippen LogP) is 3.78. The molecule has 1 aliphatic heterocycles. The molecule has 1 heterocycles. The van der Waals surface area contributed by atoms with Crippen LogP contribution in [-0.4, -0.2) is 44.4 Å². The Bertz CT molecular complexity index is 459. The molecule has 3 nitrogen and oxygen atoms in total. The van der Waals surface area contributed by atoms with Crippen LogP contribution >= 0.6 is 0 Å². The standard InChI is InChI=1S/C19H31NO2/c1-16-7-8-18(17(15-16)19(2,3)4)22-12-6-5-9-20-10-13-21-14-11-20/h7-8,15H,5-6,9-14H2,1-4H3. The van der Waals surface area contributed by atoms with Crippen molar-refractivity contribution >= 4 is 0 Å². The van der Waals surface area contributed by atoms with Gasteiger partial charge in [0.1, 0.15) is 5.75 Å². The number of aryl methyl sites for hydroxylation is 1. The number of rotatable bonds is 6. The first kappa shape index (κ1) is 17.3. The Labute approximate surface area is 135 Å². The van der Waals surface area contributed by atoms with Crippen LogP contribution in [0.2, 0.25) is 0 Å². The molecule has 0 bridgehead atoms. The van der Waals surface area contributed by atoms with Crippen molar-refractivity contribution in [2.24, 2.45) is 0 Å². The van der Waals surface area contributed by atoms with Gasteiger partial charge in [-0.25, -0.2) is 0 Å². The molecule has 1 aromatic rings. The van der Waals surface area contributed by atoms with Gasteiger partial charge in [0.15, 0.2) is 0 Å². The smallest absolute Gasteiger partial charge is 0.123 e. The van der Waals surface area contributed by atoms with E-state index in [1.807, 2.05) is 0 Å². The molecule has 0 amide bonds. The van der Waals surface area contributed by atoms with E-state index in [9.17, 15) is 0 Å². The minimum absolute atomic E-state index is 0.120. The molecule has 0 saturated carbocycles. The molecular formula is C19H31NO2. The largest absolute Gasteiger partial charge is 0.493 e. The highest BCUT2D eigenvalue weighted by atomic mass is 16.5. The molecule has 124 valence electrons. The van der Waals surface area contributed by atoms with Crippen LogP contribution in [0.1, 0.15) is 44.7 Å². The number of nitrogens with zero attached hydrogens (tertiary/aromatic N) is 1. The Morgan fingerprint density at radius 3 is 2.55 bits per heavy atom. The van der Waals surface area contributed by atoms with Crippen molar-refractivity contribution in [2.75, 3.05) is 39.5 Å². The normalized spacial score (nSPS) is 16.7. The molecule has 0 N–H and O–H groups in total. The number of ether oxygens (including phenoxy) is 2. The summed E-state index contributed by atoms with van der Waals surface area (Å²) < 4.78 is 11.4. The van der Waals surface area contributed by atoms with E-state index in [2.05, 4.69) is 50.8 Å². The third-order valence-corrected chi connectivity index (χ3v) is 4.17. The van der Waals surface area contributed by atoms with Crippen LogP contribution in [0.3, 0.4) is 0 Å². The fraction of sp³-hybridized carbons (Fsp3) is 0.684. The molecule has 2 rings (SSSR count). The Morgan fingerprint density at radius 1 is 1.14 bits per heavy atom. The van der Waals surface area contributed by atoms with Gasteiger partial charge < -0.3 is 9.47 Å². The van der Waals surface area contributed by atoms with Gasteiger partial charge in [0.25, 0.3) is 0 Å². The number of morpholine rings is 1. The first-order valence-corrected chi connectivity index (χ1v) is 8.51. The van der Waals surface area contributed by atoms with Crippen molar-refractivity contribution in [3.05, 3.63) is 29.3 Å². The van der Waals surface area contributed by atoms with Crippen molar-refractivity contribution in [3.8, 4) is 5.75 Å². The maximum atomic E-state index is 6.06. The van der Waals surface area contributed by atoms with Crippen LogP contribution in [-0.2, 0) is 10.2 Å². The average molecular weight is 305 g/mol. The minimum Gasteiger partial charge on any atom is -0.493 e. The van der Waals surface area contributed by atoms with E-state index in [-0.39, 0.29) is 5.41 Å². The molecule has 1 aliphatic rings. The third kappa shape index (κ3) is 5.29. The zero-order chi connectivity index (χ0) is 16.0. The molecule has 1 saturated heterocycles. The second-order valence-corrected chi connectivity index (χ2v) is 7.26. The SMILES string of the molecule is Cc1ccc(OCCCCN2CCOCC2)c(C(C)(C)C)c1. The minimum atomic E-state index is 0.120. The summed E-state index contributed by atoms with van der Waals surface area (Å²) in [7, 11) is 0. The summed E-state index contributed by atoms with van der Waals surface area (Å²) in [5, 5.41) is 0. The Morgan fingerprint density at radius 2 is 1.86 bits per heavy atom. The molecular weight excluding hydrogens is 274 g/mol. The average Bonchev–Trinajstić information content (AvgIpc) is 2.48. The monoisotopic (exact) mass is 305 g/mol. The summed E-state index contributed by atoms with van der Waals surface area (Å²) in [5.41, 5.74) is 2.72. The third-order valence-electron chi connectivity index (χ3n) is 4.17. The quantitative estimate of drug-likeness (QED) is 0.747. The van der Waals surface area contributed by atoms with Crippen LogP contribution in [0.15, 0.2) is 18.2 Å². The molecule has 0 spiro atoms. The molecule has 0 aromatic heterocycles. The van der Waals surface area contributed by atoms with Crippen molar-refractivity contribution < 1.29 is 9.47 Å². The fourth-order valence-corrected chi connectivity index (χ4v) is 2.80. The summed E-state index contributed by atoms with van der Waals surface area (Å²) in [6.07, 6.45) is 2.30. The second-order valence-electron chi connectivity index (χ2n) is 7.26. The van der Waals surface area contributed by atoms with Gasteiger partial charge in [-0.05, 0) is 43.4 Å². The molecule has 0 unspecified atom stereocenters. The lowest BCUT2D eigenvalue weighted by atomic mass is 9.85. The lowest BCUT2D eigenvalue weighted by molar-refractivity contribution is 0.0368. The van der Waals surface area contributed by atoms with Gasteiger partial charge in [0.05, 0.1) is 19.8 Å². The van der Waals surface area contributed by atoms with Crippen molar-refractivity contribution in [2.45, 2.75) is 46.0 Å². The van der Waals surface area contributed by atoms with Gasteiger partial charge in [-0.15, -0.1) is 0 Å². The molecule has 0 aliphatic carbocycles. The molecule has 22 heavy (non-hydrogen) atoms. The lowest BCUT2D eigenvalue weighted by Crippen LogP contribution is -2.36. The molecule has 0 atom stereocenters. The summed E-state index contributed by atoms with van der Waals surface area (Å²) in [5.74, 6) is 1.05.